The zero-order chi connectivity index (χ0) is 15.4. The number of nitrogens with one attached hydrogen (secondary N) is 1. The number of halogens is 1. The molecule has 1 aromatic carbocycles. The summed E-state index contributed by atoms with van der Waals surface area (Å²) in [6.45, 7) is 4.40. The zero-order valence-electron chi connectivity index (χ0n) is 12.4. The minimum absolute atomic E-state index is 0.0461. The molecular formula is C16H19FN2OS. The smallest absolute Gasteiger partial charge is 0.256 e. The molecule has 3 nitrogen and oxygen atoms in total. The number of rotatable bonds is 5. The average molecular weight is 306 g/mol. The molecule has 5 heteroatoms. The number of hydrogen-bond acceptors (Lipinski definition) is 3. The Bertz CT molecular complexity index is 613. The Morgan fingerprint density at radius 3 is 2.76 bits per heavy atom. The van der Waals surface area contributed by atoms with E-state index in [1.165, 1.54) is 6.07 Å². The van der Waals surface area contributed by atoms with E-state index in [4.69, 9.17) is 0 Å². The molecule has 0 aliphatic rings. The highest BCUT2D eigenvalue weighted by atomic mass is 32.1. The van der Waals surface area contributed by atoms with Crippen molar-refractivity contribution in [2.75, 3.05) is 18.9 Å². The van der Waals surface area contributed by atoms with E-state index in [1.807, 2.05) is 31.4 Å². The average Bonchev–Trinajstić information content (AvgIpc) is 3.01. The van der Waals surface area contributed by atoms with Crippen molar-refractivity contribution in [3.63, 3.8) is 0 Å². The van der Waals surface area contributed by atoms with Crippen LogP contribution in [0.3, 0.4) is 0 Å². The van der Waals surface area contributed by atoms with Crippen molar-refractivity contribution in [3.05, 3.63) is 52.0 Å². The Morgan fingerprint density at radius 2 is 2.14 bits per heavy atom. The molecule has 0 saturated carbocycles. The van der Waals surface area contributed by atoms with E-state index >= 15 is 0 Å². The summed E-state index contributed by atoms with van der Waals surface area (Å²) < 4.78 is 13.9. The molecule has 0 aliphatic heterocycles. The van der Waals surface area contributed by atoms with Gasteiger partial charge in [-0.2, -0.15) is 0 Å². The number of nitrogens with zero attached hydrogens (tertiary/aromatic N) is 1. The first kappa shape index (κ1) is 15.5. The molecule has 0 radical (unpaired) electrons. The first-order valence-electron chi connectivity index (χ1n) is 6.89. The molecule has 0 spiro atoms. The van der Waals surface area contributed by atoms with E-state index in [0.717, 1.165) is 4.88 Å². The van der Waals surface area contributed by atoms with Crippen molar-refractivity contribution in [1.29, 1.82) is 0 Å². The van der Waals surface area contributed by atoms with Crippen molar-refractivity contribution in [2.24, 2.45) is 0 Å². The third-order valence-electron chi connectivity index (χ3n) is 3.45. The van der Waals surface area contributed by atoms with Gasteiger partial charge in [0, 0.05) is 18.5 Å². The highest BCUT2D eigenvalue weighted by molar-refractivity contribution is 7.10. The summed E-state index contributed by atoms with van der Waals surface area (Å²) in [4.78, 5) is 15.4. The summed E-state index contributed by atoms with van der Waals surface area (Å²) in [6, 6.07) is 8.48. The fraction of sp³-hybridized carbons (Fsp3) is 0.312. The SMILES string of the molecule is CCNc1c(F)cccc1C(=O)N(C)C(C)c1cccs1. The number of anilines is 1. The van der Waals surface area contributed by atoms with Gasteiger partial charge in [-0.1, -0.05) is 12.1 Å². The summed E-state index contributed by atoms with van der Waals surface area (Å²) in [5.41, 5.74) is 0.637. The second-order valence-electron chi connectivity index (χ2n) is 4.80. The molecule has 0 saturated heterocycles. The number of carbonyl (C=O) groups is 1. The highest BCUT2D eigenvalue weighted by Gasteiger charge is 2.23. The summed E-state index contributed by atoms with van der Waals surface area (Å²) in [7, 11) is 1.74. The van der Waals surface area contributed by atoms with E-state index < -0.39 is 5.82 Å². The Balaban J connectivity index is 2.29. The third-order valence-corrected chi connectivity index (χ3v) is 4.50. The number of para-hydroxylation sites is 1. The Kier molecular flexibility index (Phi) is 4.96. The van der Waals surface area contributed by atoms with E-state index in [1.54, 1.807) is 35.4 Å². The van der Waals surface area contributed by atoms with E-state index in [9.17, 15) is 9.18 Å². The van der Waals surface area contributed by atoms with Crippen molar-refractivity contribution >= 4 is 22.9 Å². The second-order valence-corrected chi connectivity index (χ2v) is 5.78. The summed E-state index contributed by atoms with van der Waals surface area (Å²) in [5.74, 6) is -0.591. The quantitative estimate of drug-likeness (QED) is 0.900. The molecule has 0 fully saturated rings. The molecule has 1 unspecified atom stereocenters. The fourth-order valence-corrected chi connectivity index (χ4v) is 2.97. The predicted molar refractivity (Wildman–Crippen MR) is 85.4 cm³/mol. The second kappa shape index (κ2) is 6.72. The van der Waals surface area contributed by atoms with Crippen molar-refractivity contribution in [1.82, 2.24) is 4.90 Å². The Hall–Kier alpha value is -1.88. The maximum atomic E-state index is 13.9. The molecule has 1 aromatic heterocycles. The van der Waals surface area contributed by atoms with Crippen molar-refractivity contribution in [2.45, 2.75) is 19.9 Å². The molecule has 112 valence electrons. The largest absolute Gasteiger partial charge is 0.382 e. The van der Waals surface area contributed by atoms with Gasteiger partial charge < -0.3 is 10.2 Å². The lowest BCUT2D eigenvalue weighted by Gasteiger charge is -2.25. The van der Waals surface area contributed by atoms with Crippen LogP contribution < -0.4 is 5.32 Å². The van der Waals surface area contributed by atoms with Gasteiger partial charge in [0.15, 0.2) is 0 Å². The fourth-order valence-electron chi connectivity index (χ4n) is 2.14. The molecule has 0 bridgehead atoms. The maximum absolute atomic E-state index is 13.9. The van der Waals surface area contributed by atoms with Gasteiger partial charge in [-0.05, 0) is 37.4 Å². The van der Waals surface area contributed by atoms with Crippen LogP contribution >= 0.6 is 11.3 Å². The number of hydrogen-bond donors (Lipinski definition) is 1. The van der Waals surface area contributed by atoms with Crippen LogP contribution in [0.2, 0.25) is 0 Å². The van der Waals surface area contributed by atoms with Crippen LogP contribution in [0.1, 0.15) is 35.1 Å². The van der Waals surface area contributed by atoms with Gasteiger partial charge in [-0.3, -0.25) is 4.79 Å². The van der Waals surface area contributed by atoms with Crippen LogP contribution in [-0.4, -0.2) is 24.4 Å². The van der Waals surface area contributed by atoms with Gasteiger partial charge in [0.25, 0.3) is 5.91 Å². The highest BCUT2D eigenvalue weighted by Crippen LogP contribution is 2.27. The monoisotopic (exact) mass is 306 g/mol. The third kappa shape index (κ3) is 3.24. The molecule has 1 atom stereocenters. The van der Waals surface area contributed by atoms with Gasteiger partial charge in [0.1, 0.15) is 5.82 Å². The number of carbonyl (C=O) groups excluding carboxylic acids is 1. The Labute approximate surface area is 128 Å². The minimum atomic E-state index is -0.403. The minimum Gasteiger partial charge on any atom is -0.382 e. The molecule has 1 amide bonds. The van der Waals surface area contributed by atoms with Crippen molar-refractivity contribution < 1.29 is 9.18 Å². The first-order chi connectivity index (χ1) is 10.1. The summed E-state index contributed by atoms with van der Waals surface area (Å²) in [6.07, 6.45) is 0. The molecule has 1 heterocycles. The number of thiophene rings is 1. The summed E-state index contributed by atoms with van der Waals surface area (Å²) >= 11 is 1.61. The van der Waals surface area contributed by atoms with Gasteiger partial charge in [0.05, 0.1) is 17.3 Å². The molecule has 1 N–H and O–H groups in total. The van der Waals surface area contributed by atoms with Crippen LogP contribution in [0.15, 0.2) is 35.7 Å². The lowest BCUT2D eigenvalue weighted by atomic mass is 10.1. The predicted octanol–water partition coefficient (Wildman–Crippen LogP) is 4.15. The van der Waals surface area contributed by atoms with Crippen LogP contribution in [0.25, 0.3) is 0 Å². The molecule has 21 heavy (non-hydrogen) atoms. The first-order valence-corrected chi connectivity index (χ1v) is 7.77. The van der Waals surface area contributed by atoms with E-state index in [2.05, 4.69) is 5.32 Å². The summed E-state index contributed by atoms with van der Waals surface area (Å²) in [5, 5.41) is 4.92. The molecule has 0 aliphatic carbocycles. The normalized spacial score (nSPS) is 12.0. The van der Waals surface area contributed by atoms with Crippen molar-refractivity contribution in [3.8, 4) is 0 Å². The van der Waals surface area contributed by atoms with Gasteiger partial charge in [0.2, 0.25) is 0 Å². The van der Waals surface area contributed by atoms with Gasteiger partial charge in [-0.15, -0.1) is 11.3 Å². The lowest BCUT2D eigenvalue weighted by Crippen LogP contribution is -2.30. The number of benzene rings is 1. The lowest BCUT2D eigenvalue weighted by molar-refractivity contribution is 0.0745. The van der Waals surface area contributed by atoms with Gasteiger partial charge in [-0.25, -0.2) is 4.39 Å². The van der Waals surface area contributed by atoms with Crippen LogP contribution in [-0.2, 0) is 0 Å². The zero-order valence-corrected chi connectivity index (χ0v) is 13.2. The molecule has 2 aromatic rings. The molecule has 2 rings (SSSR count). The van der Waals surface area contributed by atoms with E-state index in [0.29, 0.717) is 12.1 Å². The van der Waals surface area contributed by atoms with Crippen LogP contribution in [0.5, 0.6) is 0 Å². The maximum Gasteiger partial charge on any atom is 0.256 e. The molecular weight excluding hydrogens is 287 g/mol. The standard InChI is InChI=1S/C16H19FN2OS/c1-4-18-15-12(7-5-8-13(15)17)16(20)19(3)11(2)14-9-6-10-21-14/h5-11,18H,4H2,1-3H3. The Morgan fingerprint density at radius 1 is 1.38 bits per heavy atom. The van der Waals surface area contributed by atoms with Gasteiger partial charge >= 0.3 is 0 Å². The number of amides is 1. The van der Waals surface area contributed by atoms with Crippen LogP contribution in [0.4, 0.5) is 10.1 Å². The topological polar surface area (TPSA) is 32.3 Å². The van der Waals surface area contributed by atoms with Crippen LogP contribution in [0, 0.1) is 5.82 Å². The van der Waals surface area contributed by atoms with E-state index in [-0.39, 0.29) is 17.6 Å².